The van der Waals surface area contributed by atoms with E-state index < -0.39 is 0 Å². The molecule has 0 saturated carbocycles. The fourth-order valence-corrected chi connectivity index (χ4v) is 3.50. The molecule has 1 fully saturated rings. The van der Waals surface area contributed by atoms with E-state index in [4.69, 9.17) is 0 Å². The number of hydrogen-bond acceptors (Lipinski definition) is 7. The summed E-state index contributed by atoms with van der Waals surface area (Å²) in [5.41, 5.74) is 2.56. The number of nitrogens with zero attached hydrogens (tertiary/aromatic N) is 6. The second-order valence-corrected chi connectivity index (χ2v) is 7.32. The number of piperazine rings is 1. The minimum Gasteiger partial charge on any atom is -0.335 e. The van der Waals surface area contributed by atoms with Crippen LogP contribution in [-0.4, -0.2) is 74.3 Å². The Balaban J connectivity index is 1.30. The zero-order chi connectivity index (χ0) is 20.2. The third-order valence-electron chi connectivity index (χ3n) is 4.53. The molecule has 29 heavy (non-hydrogen) atoms. The lowest BCUT2D eigenvalue weighted by Crippen LogP contribution is -2.50. The van der Waals surface area contributed by atoms with Crippen LogP contribution in [0.1, 0.15) is 10.5 Å². The van der Waals surface area contributed by atoms with Crippen LogP contribution in [0, 0.1) is 5.82 Å². The number of amides is 2. The van der Waals surface area contributed by atoms with Gasteiger partial charge in [0.25, 0.3) is 5.91 Å². The van der Waals surface area contributed by atoms with Gasteiger partial charge in [0.05, 0.1) is 12.2 Å². The highest BCUT2D eigenvalue weighted by atomic mass is 32.1. The van der Waals surface area contributed by atoms with Crippen LogP contribution >= 0.6 is 11.3 Å². The molecule has 2 aromatic heterocycles. The van der Waals surface area contributed by atoms with Crippen LogP contribution in [0.4, 0.5) is 9.52 Å². The van der Waals surface area contributed by atoms with Crippen molar-refractivity contribution in [2.75, 3.05) is 38.0 Å². The van der Waals surface area contributed by atoms with Crippen molar-refractivity contribution in [2.45, 2.75) is 0 Å². The molecule has 4 rings (SSSR count). The monoisotopic (exact) mass is 415 g/mol. The first-order chi connectivity index (χ1) is 14.1. The summed E-state index contributed by atoms with van der Waals surface area (Å²) in [6.45, 7) is 2.44. The van der Waals surface area contributed by atoms with E-state index in [0.29, 0.717) is 42.7 Å². The molecule has 0 spiro atoms. The lowest BCUT2D eigenvalue weighted by molar-refractivity contribution is -0.117. The molecule has 9 nitrogen and oxygen atoms in total. The first-order valence-electron chi connectivity index (χ1n) is 8.98. The second kappa shape index (κ2) is 8.45. The predicted octanol–water partition coefficient (Wildman–Crippen LogP) is 1.26. The first-order valence-corrected chi connectivity index (χ1v) is 9.86. The summed E-state index contributed by atoms with van der Waals surface area (Å²) < 4.78 is 14.6. The number of hydrogen-bond donors (Lipinski definition) is 1. The summed E-state index contributed by atoms with van der Waals surface area (Å²) in [7, 11) is 0. The minimum absolute atomic E-state index is 0.153. The van der Waals surface area contributed by atoms with Crippen molar-refractivity contribution in [3.63, 3.8) is 0 Å². The maximum atomic E-state index is 13.1. The predicted molar refractivity (Wildman–Crippen MR) is 104 cm³/mol. The number of carbonyl (C=O) groups excluding carboxylic acids is 2. The van der Waals surface area contributed by atoms with Gasteiger partial charge in [-0.25, -0.2) is 9.07 Å². The van der Waals surface area contributed by atoms with Crippen molar-refractivity contribution >= 4 is 28.3 Å². The summed E-state index contributed by atoms with van der Waals surface area (Å²) in [5.74, 6) is -0.643. The Morgan fingerprint density at radius 3 is 2.55 bits per heavy atom. The van der Waals surface area contributed by atoms with Gasteiger partial charge in [0, 0.05) is 32.4 Å². The molecule has 2 amide bonds. The van der Waals surface area contributed by atoms with Crippen molar-refractivity contribution in [1.82, 2.24) is 29.8 Å². The topological polar surface area (TPSA) is 96.2 Å². The lowest BCUT2D eigenvalue weighted by atomic mass is 10.2. The molecule has 1 aromatic carbocycles. The Labute approximate surface area is 169 Å². The minimum atomic E-state index is -0.327. The quantitative estimate of drug-likeness (QED) is 0.674. The number of nitrogens with one attached hydrogen (secondary N) is 1. The van der Waals surface area contributed by atoms with E-state index in [1.54, 1.807) is 39.5 Å². The Bertz CT molecular complexity index is 982. The van der Waals surface area contributed by atoms with Gasteiger partial charge in [-0.15, -0.1) is 10.2 Å². The normalized spacial score (nSPS) is 14.7. The Hall–Kier alpha value is -3.18. The van der Waals surface area contributed by atoms with Crippen LogP contribution in [-0.2, 0) is 4.79 Å². The first kappa shape index (κ1) is 19.2. The van der Waals surface area contributed by atoms with Crippen molar-refractivity contribution in [2.24, 2.45) is 0 Å². The largest absolute Gasteiger partial charge is 0.335 e. The summed E-state index contributed by atoms with van der Waals surface area (Å²) >= 11 is 1.26. The average molecular weight is 415 g/mol. The Morgan fingerprint density at radius 2 is 1.86 bits per heavy atom. The highest BCUT2D eigenvalue weighted by molar-refractivity contribution is 7.13. The highest BCUT2D eigenvalue weighted by Gasteiger charge is 2.25. The number of rotatable bonds is 5. The molecule has 0 bridgehead atoms. The summed E-state index contributed by atoms with van der Waals surface area (Å²) in [6, 6.07) is 7.54. The van der Waals surface area contributed by atoms with E-state index in [1.807, 2.05) is 4.90 Å². The van der Waals surface area contributed by atoms with Crippen molar-refractivity contribution in [3.8, 4) is 5.69 Å². The molecule has 3 aromatic rings. The maximum absolute atomic E-state index is 13.1. The fourth-order valence-electron chi connectivity index (χ4n) is 3.04. The van der Waals surface area contributed by atoms with E-state index in [9.17, 15) is 14.0 Å². The molecule has 1 N–H and O–H groups in total. The molecule has 3 heterocycles. The van der Waals surface area contributed by atoms with Crippen LogP contribution in [0.2, 0.25) is 0 Å². The number of carbonyl (C=O) groups is 2. The number of aromatic nitrogens is 4. The smallest absolute Gasteiger partial charge is 0.274 e. The van der Waals surface area contributed by atoms with E-state index in [2.05, 4.69) is 20.6 Å². The van der Waals surface area contributed by atoms with Gasteiger partial charge in [0.15, 0.2) is 5.69 Å². The van der Waals surface area contributed by atoms with Gasteiger partial charge >= 0.3 is 0 Å². The number of halogens is 1. The van der Waals surface area contributed by atoms with Gasteiger partial charge in [-0.3, -0.25) is 19.8 Å². The zero-order valence-electron chi connectivity index (χ0n) is 15.4. The molecule has 0 unspecified atom stereocenters. The summed E-state index contributed by atoms with van der Waals surface area (Å²) in [4.78, 5) is 28.5. The molecule has 150 valence electrons. The zero-order valence-corrected chi connectivity index (χ0v) is 16.2. The number of anilines is 1. The van der Waals surface area contributed by atoms with Gasteiger partial charge in [-0.05, 0) is 30.3 Å². The Kier molecular flexibility index (Phi) is 5.58. The molecular weight excluding hydrogens is 397 g/mol. The molecule has 1 saturated heterocycles. The number of benzene rings is 1. The lowest BCUT2D eigenvalue weighted by Gasteiger charge is -2.33. The van der Waals surface area contributed by atoms with E-state index >= 15 is 0 Å². The van der Waals surface area contributed by atoms with Crippen LogP contribution in [0.3, 0.4) is 0 Å². The summed E-state index contributed by atoms with van der Waals surface area (Å²) in [6.07, 6.45) is 1.68. The van der Waals surface area contributed by atoms with Gasteiger partial charge in [0.2, 0.25) is 11.0 Å². The third-order valence-corrected chi connectivity index (χ3v) is 5.14. The van der Waals surface area contributed by atoms with Gasteiger partial charge < -0.3 is 4.90 Å². The highest BCUT2D eigenvalue weighted by Crippen LogP contribution is 2.12. The van der Waals surface area contributed by atoms with E-state index in [1.165, 1.54) is 23.5 Å². The molecule has 1 aliphatic rings. The molecule has 0 radical (unpaired) electrons. The van der Waals surface area contributed by atoms with Crippen LogP contribution in [0.15, 0.2) is 42.0 Å². The van der Waals surface area contributed by atoms with Gasteiger partial charge in [-0.1, -0.05) is 11.3 Å². The van der Waals surface area contributed by atoms with Crippen LogP contribution < -0.4 is 5.32 Å². The molecule has 0 aliphatic carbocycles. The third kappa shape index (κ3) is 4.63. The summed E-state index contributed by atoms with van der Waals surface area (Å²) in [5, 5.41) is 14.9. The van der Waals surface area contributed by atoms with E-state index in [0.717, 1.165) is 0 Å². The molecule has 0 atom stereocenters. The second-order valence-electron chi connectivity index (χ2n) is 6.48. The maximum Gasteiger partial charge on any atom is 0.274 e. The molecule has 11 heteroatoms. The van der Waals surface area contributed by atoms with Crippen LogP contribution in [0.5, 0.6) is 0 Å². The Morgan fingerprint density at radius 1 is 1.10 bits per heavy atom. The van der Waals surface area contributed by atoms with Crippen LogP contribution in [0.25, 0.3) is 5.69 Å². The SMILES string of the molecule is O=C(CN1CCN(C(=O)c2ccn(-c3ccc(F)cc3)n2)CC1)Nc1nncs1. The standard InChI is InChI=1S/C18H18FN7O2S/c19-13-1-3-14(4-2-13)26-6-5-15(23-26)17(28)25-9-7-24(8-10-25)11-16(27)21-18-22-20-12-29-18/h1-6,12H,7-11H2,(H,21,22,27). The van der Waals surface area contributed by atoms with Crippen molar-refractivity contribution < 1.29 is 14.0 Å². The van der Waals surface area contributed by atoms with E-state index in [-0.39, 0.29) is 24.2 Å². The van der Waals surface area contributed by atoms with Crippen molar-refractivity contribution in [3.05, 3.63) is 53.6 Å². The fraction of sp³-hybridized carbons (Fsp3) is 0.278. The van der Waals surface area contributed by atoms with Crippen molar-refractivity contribution in [1.29, 1.82) is 0 Å². The average Bonchev–Trinajstić information content (AvgIpc) is 3.41. The molecular formula is C18H18FN7O2S. The van der Waals surface area contributed by atoms with Gasteiger partial charge in [0.1, 0.15) is 11.3 Å². The van der Waals surface area contributed by atoms with Gasteiger partial charge in [-0.2, -0.15) is 5.10 Å². The molecule has 1 aliphatic heterocycles.